The maximum atomic E-state index is 13.9. The van der Waals surface area contributed by atoms with E-state index in [1.165, 1.54) is 0 Å². The molecule has 1 aromatic carbocycles. The highest BCUT2D eigenvalue weighted by Gasteiger charge is 2.62. The molecule has 35 heavy (non-hydrogen) atoms. The summed E-state index contributed by atoms with van der Waals surface area (Å²) < 4.78 is 25.6. The summed E-state index contributed by atoms with van der Waals surface area (Å²) in [6.07, 6.45) is 3.02. The van der Waals surface area contributed by atoms with E-state index in [1.54, 1.807) is 0 Å². The van der Waals surface area contributed by atoms with Crippen LogP contribution in [-0.2, 0) is 35.1 Å². The number of hydrogen-bond acceptors (Lipinski definition) is 6. The van der Waals surface area contributed by atoms with Crippen LogP contribution in [0.4, 0.5) is 0 Å². The third-order valence-corrected chi connectivity index (χ3v) is 7.65. The van der Waals surface area contributed by atoms with Gasteiger partial charge in [-0.1, -0.05) is 52.9 Å². The Morgan fingerprint density at radius 3 is 2.51 bits per heavy atom. The molecule has 2 fully saturated rings. The number of ether oxygens (including phenoxy) is 4. The highest BCUT2D eigenvalue weighted by molar-refractivity contribution is 14.1. The summed E-state index contributed by atoms with van der Waals surface area (Å²) in [6, 6.07) is 9.96. The Morgan fingerprint density at radius 2 is 1.89 bits per heavy atom. The molecule has 0 bridgehead atoms. The van der Waals surface area contributed by atoms with Crippen molar-refractivity contribution in [3.8, 4) is 0 Å². The maximum absolute atomic E-state index is 13.9. The van der Waals surface area contributed by atoms with Crippen LogP contribution in [0.5, 0.6) is 0 Å². The van der Waals surface area contributed by atoms with E-state index in [9.17, 15) is 9.59 Å². The summed E-state index contributed by atoms with van der Waals surface area (Å²) in [7, 11) is 0. The summed E-state index contributed by atoms with van der Waals surface area (Å²) in [6.45, 7) is 10.3. The molecule has 7 heteroatoms. The molecule has 0 radical (unpaired) electrons. The number of alkyl halides is 1. The molecule has 0 saturated heterocycles. The van der Waals surface area contributed by atoms with Crippen LogP contribution in [0.15, 0.2) is 30.3 Å². The minimum absolute atomic E-state index is 0.00248. The monoisotopic (exact) mass is 600 g/mol. The van der Waals surface area contributed by atoms with Crippen LogP contribution < -0.4 is 0 Å². The molecular weight excluding hydrogens is 559 g/mol. The molecule has 0 N–H and O–H groups in total. The van der Waals surface area contributed by atoms with E-state index < -0.39 is 22.9 Å². The Labute approximate surface area is 223 Å². The predicted molar refractivity (Wildman–Crippen MR) is 143 cm³/mol. The Balaban J connectivity index is 1.95. The van der Waals surface area contributed by atoms with Crippen LogP contribution >= 0.6 is 22.6 Å². The number of ketones is 1. The Bertz CT molecular complexity index is 851. The number of carbonyl (C=O) groups is 2. The predicted octanol–water partition coefficient (Wildman–Crippen LogP) is 6.03. The van der Waals surface area contributed by atoms with Crippen molar-refractivity contribution in [3.05, 3.63) is 35.9 Å². The van der Waals surface area contributed by atoms with Crippen LogP contribution in [0, 0.1) is 11.3 Å². The number of hydrogen-bond donors (Lipinski definition) is 0. The van der Waals surface area contributed by atoms with Crippen LogP contribution in [0.3, 0.4) is 0 Å². The van der Waals surface area contributed by atoms with Crippen molar-refractivity contribution in [2.75, 3.05) is 11.0 Å². The van der Waals surface area contributed by atoms with Crippen LogP contribution in [-0.4, -0.2) is 46.4 Å². The standard InChI is InChI=1S/C28H41IO6/c1-20(2)33-24(17-29)34-28-15-9-14-27(25(31)35-26(3,4)5,23(28)13-12-22(30)16-28)19-32-18-21-10-7-6-8-11-21/h6-8,10-11,20,23-24H,9,12-19H2,1-5H3/t23-,24?,27+,28-/m0/s1. The van der Waals surface area contributed by atoms with Crippen molar-refractivity contribution in [1.82, 2.24) is 0 Å². The van der Waals surface area contributed by atoms with E-state index in [0.29, 0.717) is 36.7 Å². The van der Waals surface area contributed by atoms with Gasteiger partial charge in [0.25, 0.3) is 0 Å². The fraction of sp³-hybridized carbons (Fsp3) is 0.714. The molecule has 0 aromatic heterocycles. The molecule has 1 unspecified atom stereocenters. The second kappa shape index (κ2) is 12.0. The lowest BCUT2D eigenvalue weighted by Crippen LogP contribution is -2.62. The van der Waals surface area contributed by atoms with Crippen molar-refractivity contribution >= 4 is 34.3 Å². The summed E-state index contributed by atoms with van der Waals surface area (Å²) in [5, 5.41) is 0. The van der Waals surface area contributed by atoms with Crippen LogP contribution in [0.2, 0.25) is 0 Å². The summed E-state index contributed by atoms with van der Waals surface area (Å²) >= 11 is 2.26. The average molecular weight is 601 g/mol. The first-order valence-electron chi connectivity index (χ1n) is 12.8. The maximum Gasteiger partial charge on any atom is 0.315 e. The molecule has 2 saturated carbocycles. The van der Waals surface area contributed by atoms with Crippen molar-refractivity contribution in [2.24, 2.45) is 11.3 Å². The molecule has 196 valence electrons. The van der Waals surface area contributed by atoms with Gasteiger partial charge in [0.15, 0.2) is 6.29 Å². The Hall–Kier alpha value is -1.03. The zero-order valence-electron chi connectivity index (χ0n) is 21.8. The highest BCUT2D eigenvalue weighted by atomic mass is 127. The molecule has 0 heterocycles. The number of carbonyl (C=O) groups excluding carboxylic acids is 2. The summed E-state index contributed by atoms with van der Waals surface area (Å²) in [4.78, 5) is 26.7. The van der Waals surface area contributed by atoms with Gasteiger partial charge in [-0.05, 0) is 65.9 Å². The molecule has 6 nitrogen and oxygen atoms in total. The highest BCUT2D eigenvalue weighted by Crippen LogP contribution is 2.56. The minimum Gasteiger partial charge on any atom is -0.459 e. The summed E-state index contributed by atoms with van der Waals surface area (Å²) in [5.41, 5.74) is -1.21. The van der Waals surface area contributed by atoms with E-state index in [2.05, 4.69) is 22.6 Å². The topological polar surface area (TPSA) is 71.1 Å². The zero-order valence-corrected chi connectivity index (χ0v) is 24.0. The SMILES string of the molecule is CC(C)OC(CI)O[C@]12CCC[C@](COCc3ccccc3)(C(=O)OC(C)(C)C)[C@@H]1CCC(=O)C2. The lowest BCUT2D eigenvalue weighted by atomic mass is 9.54. The number of fused-ring (bicyclic) bond motifs is 1. The molecule has 0 spiro atoms. The number of rotatable bonds is 10. The third-order valence-electron chi connectivity index (χ3n) is 6.93. The molecular formula is C28H41IO6. The quantitative estimate of drug-likeness (QED) is 0.142. The molecule has 1 aromatic rings. The number of Topliss-reactive ketones (excluding diaryl/α,β-unsaturated/α-hetero) is 1. The number of halogens is 1. The largest absolute Gasteiger partial charge is 0.459 e. The number of esters is 1. The van der Waals surface area contributed by atoms with E-state index >= 15 is 0 Å². The van der Waals surface area contributed by atoms with Crippen molar-refractivity contribution in [2.45, 2.75) is 103 Å². The van der Waals surface area contributed by atoms with Crippen molar-refractivity contribution < 1.29 is 28.5 Å². The molecule has 2 aliphatic carbocycles. The fourth-order valence-electron chi connectivity index (χ4n) is 5.66. The molecule has 3 rings (SSSR count). The molecule has 2 aliphatic rings. The first-order valence-corrected chi connectivity index (χ1v) is 14.3. The zero-order chi connectivity index (χ0) is 25.7. The van der Waals surface area contributed by atoms with Gasteiger partial charge in [0.05, 0.1) is 34.8 Å². The second-order valence-electron chi connectivity index (χ2n) is 11.2. The lowest BCUT2D eigenvalue weighted by Gasteiger charge is -2.55. The van der Waals surface area contributed by atoms with Gasteiger partial charge in [-0.3, -0.25) is 9.59 Å². The van der Waals surface area contributed by atoms with Crippen molar-refractivity contribution in [3.63, 3.8) is 0 Å². The minimum atomic E-state index is -0.880. The van der Waals surface area contributed by atoms with Crippen molar-refractivity contribution in [1.29, 1.82) is 0 Å². The normalized spacial score (nSPS) is 28.0. The van der Waals surface area contributed by atoms with Gasteiger partial charge in [-0.25, -0.2) is 0 Å². The Kier molecular flexibility index (Phi) is 9.79. The Morgan fingerprint density at radius 1 is 1.17 bits per heavy atom. The van der Waals surface area contributed by atoms with E-state index in [-0.39, 0.29) is 30.4 Å². The van der Waals surface area contributed by atoms with E-state index in [1.807, 2.05) is 65.0 Å². The van der Waals surface area contributed by atoms with Gasteiger partial charge in [-0.2, -0.15) is 0 Å². The van der Waals surface area contributed by atoms with Gasteiger partial charge >= 0.3 is 5.97 Å². The van der Waals surface area contributed by atoms with Gasteiger partial charge in [-0.15, -0.1) is 0 Å². The average Bonchev–Trinajstić information content (AvgIpc) is 2.77. The molecule has 0 aliphatic heterocycles. The van der Waals surface area contributed by atoms with Crippen LogP contribution in [0.25, 0.3) is 0 Å². The van der Waals surface area contributed by atoms with Gasteiger partial charge in [0.1, 0.15) is 11.4 Å². The van der Waals surface area contributed by atoms with Gasteiger partial charge < -0.3 is 18.9 Å². The van der Waals surface area contributed by atoms with E-state index in [4.69, 9.17) is 18.9 Å². The molecule has 4 atom stereocenters. The van der Waals surface area contributed by atoms with E-state index in [0.717, 1.165) is 18.4 Å². The fourth-order valence-corrected chi connectivity index (χ4v) is 6.05. The summed E-state index contributed by atoms with van der Waals surface area (Å²) in [5.74, 6) is -0.252. The lowest BCUT2D eigenvalue weighted by molar-refractivity contribution is -0.266. The smallest absolute Gasteiger partial charge is 0.315 e. The third kappa shape index (κ3) is 7.27. The van der Waals surface area contributed by atoms with Gasteiger partial charge in [0.2, 0.25) is 0 Å². The van der Waals surface area contributed by atoms with Crippen LogP contribution in [0.1, 0.15) is 78.7 Å². The molecule has 0 amide bonds. The first-order chi connectivity index (χ1) is 16.5. The van der Waals surface area contributed by atoms with Gasteiger partial charge in [0, 0.05) is 18.8 Å². The number of benzene rings is 1. The first kappa shape index (κ1) is 28.5. The second-order valence-corrected chi connectivity index (χ2v) is 12.1.